The summed E-state index contributed by atoms with van der Waals surface area (Å²) in [6.45, 7) is 0. The lowest BCUT2D eigenvalue weighted by molar-refractivity contribution is 1.25. The molecule has 0 atom stereocenters. The van der Waals surface area contributed by atoms with E-state index >= 15 is 0 Å². The van der Waals surface area contributed by atoms with Gasteiger partial charge in [-0.25, -0.2) is 0 Å². The zero-order valence-electron chi connectivity index (χ0n) is 11.9. The smallest absolute Gasteiger partial charge is 0.0573 e. The quantitative estimate of drug-likeness (QED) is 0.350. The first-order chi connectivity index (χ1) is 11.9. The van der Waals surface area contributed by atoms with E-state index in [1.165, 1.54) is 39.2 Å². The number of rotatable bonds is 0. The van der Waals surface area contributed by atoms with E-state index < -0.39 is 0 Å². The Morgan fingerprint density at radius 2 is 0.458 bits per heavy atom. The average Bonchev–Trinajstić information content (AvgIpc) is 3.37. The molecule has 0 nitrogen and oxygen atoms in total. The predicted octanol–water partition coefficient (Wildman–Crippen LogP) is 8.65. The Morgan fingerprint density at radius 1 is 0.292 bits per heavy atom. The molecule has 0 bridgehead atoms. The Bertz CT molecular complexity index is 663. The minimum absolute atomic E-state index is 1.42. The maximum atomic E-state index is 2.20. The molecule has 0 N–H and O–H groups in total. The van der Waals surface area contributed by atoms with Gasteiger partial charge in [0.05, 0.1) is 16.9 Å². The molecule has 120 valence electrons. The summed E-state index contributed by atoms with van der Waals surface area (Å²) in [5, 5.41) is 17.6. The Balaban J connectivity index is 1.72. The standard InChI is InChI=1S/C16H8S8/c1-2-18-13(17-1)9-10(14-19-3-4-20-14)12(16-23-7-8-24-16)11(9)15-21-5-6-22-15/h1-8H. The van der Waals surface area contributed by atoms with Crippen LogP contribution in [0.3, 0.4) is 0 Å². The molecular formula is C16H8S8. The number of thioether (sulfide) groups is 8. The second-order valence-corrected chi connectivity index (χ2v) is 13.0. The highest BCUT2D eigenvalue weighted by Crippen LogP contribution is 2.64. The molecule has 0 unspecified atom stereocenters. The van der Waals surface area contributed by atoms with Crippen molar-refractivity contribution < 1.29 is 0 Å². The van der Waals surface area contributed by atoms with Crippen LogP contribution in [0.15, 0.2) is 82.5 Å². The SMILES string of the molecule is C1=CSC(=C2C(=C3SC=CS3)C(=C3SC=CS3)C2=C2SC=CS2)S1. The second kappa shape index (κ2) is 7.38. The van der Waals surface area contributed by atoms with Gasteiger partial charge in [-0.2, -0.15) is 0 Å². The van der Waals surface area contributed by atoms with Crippen LogP contribution < -0.4 is 0 Å². The monoisotopic (exact) mass is 456 g/mol. The minimum atomic E-state index is 1.42. The van der Waals surface area contributed by atoms with Crippen LogP contribution in [0.2, 0.25) is 0 Å². The second-order valence-electron chi connectivity index (χ2n) is 4.68. The molecule has 0 amide bonds. The fraction of sp³-hybridized carbons (Fsp3) is 0. The van der Waals surface area contributed by atoms with Gasteiger partial charge in [-0.1, -0.05) is 94.1 Å². The Kier molecular flexibility index (Phi) is 5.19. The Labute approximate surface area is 175 Å². The van der Waals surface area contributed by atoms with Crippen molar-refractivity contribution in [3.8, 4) is 0 Å². The molecule has 5 rings (SSSR count). The lowest BCUT2D eigenvalue weighted by Crippen LogP contribution is -2.17. The van der Waals surface area contributed by atoms with Crippen LogP contribution in [0.1, 0.15) is 0 Å². The third-order valence-corrected chi connectivity index (χ3v) is 12.0. The van der Waals surface area contributed by atoms with Crippen LogP contribution in [-0.4, -0.2) is 0 Å². The molecule has 0 aromatic rings. The van der Waals surface area contributed by atoms with E-state index in [1.54, 1.807) is 0 Å². The number of hydrogen-bond donors (Lipinski definition) is 0. The number of allylic oxidation sites excluding steroid dienone is 4. The van der Waals surface area contributed by atoms with Crippen molar-refractivity contribution in [3.63, 3.8) is 0 Å². The molecule has 5 aliphatic rings. The highest BCUT2D eigenvalue weighted by atomic mass is 32.2. The number of hydrogen-bond acceptors (Lipinski definition) is 8. The molecule has 0 radical (unpaired) electrons. The van der Waals surface area contributed by atoms with Crippen molar-refractivity contribution in [2.45, 2.75) is 0 Å². The van der Waals surface area contributed by atoms with E-state index in [4.69, 9.17) is 0 Å². The summed E-state index contributed by atoms with van der Waals surface area (Å²) in [6.07, 6.45) is 0. The van der Waals surface area contributed by atoms with Gasteiger partial charge in [-0.15, -0.1) is 0 Å². The summed E-state index contributed by atoms with van der Waals surface area (Å²) in [7, 11) is 0. The molecule has 0 saturated heterocycles. The summed E-state index contributed by atoms with van der Waals surface area (Å²) < 4.78 is 5.69. The molecule has 1 aliphatic carbocycles. The van der Waals surface area contributed by atoms with Crippen LogP contribution in [0.4, 0.5) is 0 Å². The van der Waals surface area contributed by atoms with Crippen molar-refractivity contribution in [2.75, 3.05) is 0 Å². The summed E-state index contributed by atoms with van der Waals surface area (Å²) in [4.78, 5) is 0. The van der Waals surface area contributed by atoms with Crippen molar-refractivity contribution in [2.24, 2.45) is 0 Å². The molecule has 4 heterocycles. The first-order valence-corrected chi connectivity index (χ1v) is 13.9. The zero-order chi connectivity index (χ0) is 15.9. The van der Waals surface area contributed by atoms with Gasteiger partial charge >= 0.3 is 0 Å². The minimum Gasteiger partial charge on any atom is -0.0895 e. The van der Waals surface area contributed by atoms with Crippen molar-refractivity contribution in [3.05, 3.63) is 82.5 Å². The lowest BCUT2D eigenvalue weighted by Gasteiger charge is -2.35. The Hall–Kier alpha value is 0.720. The molecule has 1 saturated carbocycles. The highest BCUT2D eigenvalue weighted by Gasteiger charge is 2.41. The molecule has 8 heteroatoms. The molecular weight excluding hydrogens is 449 g/mol. The molecule has 0 aromatic carbocycles. The van der Waals surface area contributed by atoms with Crippen LogP contribution >= 0.6 is 94.1 Å². The van der Waals surface area contributed by atoms with Gasteiger partial charge in [0.1, 0.15) is 0 Å². The fourth-order valence-electron chi connectivity index (χ4n) is 2.55. The molecule has 0 spiro atoms. The van der Waals surface area contributed by atoms with Gasteiger partial charge in [-0.3, -0.25) is 0 Å². The maximum absolute atomic E-state index is 2.20. The summed E-state index contributed by atoms with van der Waals surface area (Å²) >= 11 is 14.9. The summed E-state index contributed by atoms with van der Waals surface area (Å²) in [6, 6.07) is 0. The molecule has 0 aromatic heterocycles. The van der Waals surface area contributed by atoms with Crippen LogP contribution in [-0.2, 0) is 0 Å². The fourth-order valence-corrected chi connectivity index (χ4v) is 10.1. The van der Waals surface area contributed by atoms with Crippen molar-refractivity contribution >= 4 is 94.1 Å². The van der Waals surface area contributed by atoms with Gasteiger partial charge < -0.3 is 0 Å². The zero-order valence-corrected chi connectivity index (χ0v) is 18.4. The van der Waals surface area contributed by atoms with Crippen molar-refractivity contribution in [1.29, 1.82) is 0 Å². The van der Waals surface area contributed by atoms with E-state index in [2.05, 4.69) is 43.3 Å². The maximum Gasteiger partial charge on any atom is 0.0573 e. The summed E-state index contributed by atoms with van der Waals surface area (Å²) in [5.74, 6) is 0. The highest BCUT2D eigenvalue weighted by molar-refractivity contribution is 8.29. The summed E-state index contributed by atoms with van der Waals surface area (Å²) in [5.41, 5.74) is 5.84. The Morgan fingerprint density at radius 3 is 0.625 bits per heavy atom. The third-order valence-electron chi connectivity index (χ3n) is 3.44. The van der Waals surface area contributed by atoms with Gasteiger partial charge in [-0.05, 0) is 43.3 Å². The normalized spacial score (nSPS) is 25.3. The van der Waals surface area contributed by atoms with Gasteiger partial charge in [0.2, 0.25) is 0 Å². The molecule has 4 aliphatic heterocycles. The van der Waals surface area contributed by atoms with E-state index in [9.17, 15) is 0 Å². The van der Waals surface area contributed by atoms with E-state index in [-0.39, 0.29) is 0 Å². The van der Waals surface area contributed by atoms with Crippen LogP contribution in [0.5, 0.6) is 0 Å². The molecule has 1 fully saturated rings. The van der Waals surface area contributed by atoms with E-state index in [1.807, 2.05) is 94.1 Å². The van der Waals surface area contributed by atoms with Gasteiger partial charge in [0, 0.05) is 22.3 Å². The predicted molar refractivity (Wildman–Crippen MR) is 125 cm³/mol. The largest absolute Gasteiger partial charge is 0.0895 e. The van der Waals surface area contributed by atoms with E-state index in [0.717, 1.165) is 0 Å². The van der Waals surface area contributed by atoms with Gasteiger partial charge in [0.25, 0.3) is 0 Å². The third kappa shape index (κ3) is 2.91. The van der Waals surface area contributed by atoms with Crippen LogP contribution in [0.25, 0.3) is 0 Å². The lowest BCUT2D eigenvalue weighted by atomic mass is 9.78. The van der Waals surface area contributed by atoms with E-state index in [0.29, 0.717) is 0 Å². The molecule has 24 heavy (non-hydrogen) atoms. The topological polar surface area (TPSA) is 0 Å². The van der Waals surface area contributed by atoms with Gasteiger partial charge in [0.15, 0.2) is 0 Å². The first kappa shape index (κ1) is 16.9. The van der Waals surface area contributed by atoms with Crippen molar-refractivity contribution in [1.82, 2.24) is 0 Å². The first-order valence-electron chi connectivity index (χ1n) is 6.85. The average molecular weight is 457 g/mol. The van der Waals surface area contributed by atoms with Crippen LogP contribution in [0, 0.1) is 0 Å².